The minimum Gasteiger partial charge on any atom is -0.422 e. The molecular formula is C27H28O7. The second-order valence-corrected chi connectivity index (χ2v) is 11.1. The van der Waals surface area contributed by atoms with Gasteiger partial charge in [-0.05, 0) is 0 Å². The summed E-state index contributed by atoms with van der Waals surface area (Å²) in [6.45, 7) is 10.2. The number of hydrogen-bond donors (Lipinski definition) is 0. The third-order valence-electron chi connectivity index (χ3n) is 6.88. The molecule has 0 unspecified atom stereocenters. The van der Waals surface area contributed by atoms with E-state index in [4.69, 9.17) is 18.9 Å². The summed E-state index contributed by atoms with van der Waals surface area (Å²) in [6.07, 6.45) is 0. The summed E-state index contributed by atoms with van der Waals surface area (Å²) in [5.74, 6) is -6.40. The van der Waals surface area contributed by atoms with Gasteiger partial charge in [-0.15, -0.1) is 0 Å². The molecule has 5 rings (SSSR count). The minimum absolute atomic E-state index is 0.380. The van der Waals surface area contributed by atoms with Crippen molar-refractivity contribution in [3.63, 3.8) is 0 Å². The van der Waals surface area contributed by atoms with Crippen LogP contribution in [0.25, 0.3) is 0 Å². The zero-order chi connectivity index (χ0) is 24.8. The number of carbonyl (C=O) groups excluding carboxylic acids is 3. The predicted octanol–water partition coefficient (Wildman–Crippen LogP) is 3.99. The normalized spacial score (nSPS) is 34.2. The molecule has 4 atom stereocenters. The number of hydrogen-bond acceptors (Lipinski definition) is 7. The molecule has 0 aromatic heterocycles. The van der Waals surface area contributed by atoms with Crippen LogP contribution >= 0.6 is 0 Å². The zero-order valence-electron chi connectivity index (χ0n) is 20.1. The zero-order valence-corrected chi connectivity index (χ0v) is 20.1. The van der Waals surface area contributed by atoms with Gasteiger partial charge in [0.05, 0.1) is 0 Å². The summed E-state index contributed by atoms with van der Waals surface area (Å²) in [4.78, 5) is 41.7. The van der Waals surface area contributed by atoms with E-state index in [-0.39, 0.29) is 0 Å². The van der Waals surface area contributed by atoms with Gasteiger partial charge in [-0.1, -0.05) is 102 Å². The van der Waals surface area contributed by atoms with Crippen LogP contribution in [0.1, 0.15) is 52.7 Å². The van der Waals surface area contributed by atoms with Gasteiger partial charge in [-0.3, -0.25) is 19.1 Å². The number of ether oxygens (including phenoxy) is 4. The van der Waals surface area contributed by atoms with Crippen molar-refractivity contribution >= 4 is 17.5 Å². The van der Waals surface area contributed by atoms with E-state index in [1.807, 2.05) is 6.07 Å². The number of fused-ring (bicyclic) bond motifs is 1. The molecule has 2 bridgehead atoms. The largest absolute Gasteiger partial charge is 0.422 e. The highest BCUT2D eigenvalue weighted by Crippen LogP contribution is 2.74. The van der Waals surface area contributed by atoms with Gasteiger partial charge in [0.25, 0.3) is 5.79 Å². The molecule has 0 N–H and O–H groups in total. The number of Topliss-reactive ketones (excluding diaryl/α,β-unsaturated/α-hetero) is 2. The molecule has 3 fully saturated rings. The SMILES string of the molecule is CC(C)(C)C(=O)C(=O)[C@]12O[C@]3(c4ccccc4)O[C@@]1(c1ccccc1)OC(=O)[C@@]2(C(C)(C)C)O3. The Kier molecular flexibility index (Phi) is 4.46. The van der Waals surface area contributed by atoms with Crippen LogP contribution in [-0.4, -0.2) is 28.7 Å². The summed E-state index contributed by atoms with van der Waals surface area (Å²) in [6, 6.07) is 17.4. The van der Waals surface area contributed by atoms with Gasteiger partial charge in [0.1, 0.15) is 0 Å². The highest BCUT2D eigenvalue weighted by atomic mass is 17.0. The smallest absolute Gasteiger partial charge is 0.346 e. The molecule has 0 saturated carbocycles. The Bertz CT molecular complexity index is 1190. The average molecular weight is 465 g/mol. The maximum atomic E-state index is 14.3. The van der Waals surface area contributed by atoms with Gasteiger partial charge < -0.3 is 9.47 Å². The van der Waals surface area contributed by atoms with Crippen LogP contribution in [-0.2, 0) is 45.1 Å². The predicted molar refractivity (Wildman–Crippen MR) is 120 cm³/mol. The van der Waals surface area contributed by atoms with E-state index in [9.17, 15) is 14.4 Å². The Morgan fingerprint density at radius 1 is 0.735 bits per heavy atom. The molecule has 2 aromatic carbocycles. The third-order valence-corrected chi connectivity index (χ3v) is 6.88. The van der Waals surface area contributed by atoms with Crippen LogP contribution in [0.3, 0.4) is 0 Å². The van der Waals surface area contributed by atoms with E-state index < -0.39 is 51.3 Å². The lowest BCUT2D eigenvalue weighted by Crippen LogP contribution is -2.72. The van der Waals surface area contributed by atoms with Crippen LogP contribution in [0.5, 0.6) is 0 Å². The number of rotatable bonds is 4. The Hall–Kier alpha value is -2.87. The first-order valence-corrected chi connectivity index (χ1v) is 11.3. The van der Waals surface area contributed by atoms with Crippen molar-refractivity contribution < 1.29 is 33.3 Å². The van der Waals surface area contributed by atoms with Crippen LogP contribution < -0.4 is 0 Å². The van der Waals surface area contributed by atoms with Crippen molar-refractivity contribution in [2.45, 2.75) is 64.5 Å². The second kappa shape index (κ2) is 6.62. The Balaban J connectivity index is 1.89. The Morgan fingerprint density at radius 2 is 1.26 bits per heavy atom. The number of carbonyl (C=O) groups is 3. The topological polar surface area (TPSA) is 88.1 Å². The van der Waals surface area contributed by atoms with E-state index in [0.29, 0.717) is 11.1 Å². The second-order valence-electron chi connectivity index (χ2n) is 11.1. The fourth-order valence-corrected chi connectivity index (χ4v) is 5.29. The summed E-state index contributed by atoms with van der Waals surface area (Å²) in [7, 11) is 0. The molecular weight excluding hydrogens is 436 g/mol. The van der Waals surface area contributed by atoms with E-state index in [1.54, 1.807) is 96.1 Å². The van der Waals surface area contributed by atoms with Gasteiger partial charge in [0, 0.05) is 22.0 Å². The summed E-state index contributed by atoms with van der Waals surface area (Å²) < 4.78 is 25.3. The standard InChI is InChI=1S/C27H28O7/c1-22(2,3)19(28)20(29)24-25(23(4,5)6)21(30)31-26(24,17-13-9-7-10-14-17)34-27(32-24,33-25)18-15-11-8-12-16-18/h7-16H,1-6H3/t24-,25+,26-,27+/m1/s1. The first-order valence-electron chi connectivity index (χ1n) is 11.3. The third kappa shape index (κ3) is 2.44. The number of benzene rings is 2. The van der Waals surface area contributed by atoms with Gasteiger partial charge >= 0.3 is 11.9 Å². The van der Waals surface area contributed by atoms with Crippen molar-refractivity contribution in [3.8, 4) is 0 Å². The molecule has 7 heteroatoms. The van der Waals surface area contributed by atoms with E-state index >= 15 is 0 Å². The molecule has 0 aliphatic carbocycles. The molecule has 3 saturated heterocycles. The molecule has 0 radical (unpaired) electrons. The lowest BCUT2D eigenvalue weighted by molar-refractivity contribution is -0.385. The molecule has 178 valence electrons. The molecule has 3 aliphatic rings. The maximum Gasteiger partial charge on any atom is 0.346 e. The minimum atomic E-state index is -2.21. The molecule has 34 heavy (non-hydrogen) atoms. The summed E-state index contributed by atoms with van der Waals surface area (Å²) >= 11 is 0. The fraction of sp³-hybridized carbons (Fsp3) is 0.444. The average Bonchev–Trinajstić information content (AvgIpc) is 3.31. The monoisotopic (exact) mass is 464 g/mol. The quantitative estimate of drug-likeness (QED) is 0.499. The molecule has 0 amide bonds. The molecule has 7 nitrogen and oxygen atoms in total. The summed E-state index contributed by atoms with van der Waals surface area (Å²) in [5.41, 5.74) is -5.41. The summed E-state index contributed by atoms with van der Waals surface area (Å²) in [5, 5.41) is 0. The van der Waals surface area contributed by atoms with Crippen molar-refractivity contribution in [2.75, 3.05) is 0 Å². The van der Waals surface area contributed by atoms with Crippen LogP contribution in [0.2, 0.25) is 0 Å². The number of ketones is 2. The first kappa shape index (κ1) is 22.9. The molecule has 0 spiro atoms. The van der Waals surface area contributed by atoms with E-state index in [0.717, 1.165) is 0 Å². The van der Waals surface area contributed by atoms with Crippen molar-refractivity contribution in [3.05, 3.63) is 71.8 Å². The van der Waals surface area contributed by atoms with Crippen molar-refractivity contribution in [1.82, 2.24) is 0 Å². The van der Waals surface area contributed by atoms with Crippen molar-refractivity contribution in [2.24, 2.45) is 10.8 Å². The van der Waals surface area contributed by atoms with E-state index in [1.165, 1.54) is 0 Å². The van der Waals surface area contributed by atoms with Gasteiger partial charge in [-0.2, -0.15) is 0 Å². The van der Waals surface area contributed by atoms with Crippen LogP contribution in [0.4, 0.5) is 0 Å². The Morgan fingerprint density at radius 3 is 1.76 bits per heavy atom. The molecule has 3 aliphatic heterocycles. The van der Waals surface area contributed by atoms with Crippen LogP contribution in [0, 0.1) is 10.8 Å². The lowest BCUT2D eigenvalue weighted by atomic mass is 9.60. The maximum absolute atomic E-state index is 14.3. The fourth-order valence-electron chi connectivity index (χ4n) is 5.29. The Labute approximate surface area is 198 Å². The highest BCUT2D eigenvalue weighted by molar-refractivity contribution is 6.43. The molecule has 2 aromatic rings. The highest BCUT2D eigenvalue weighted by Gasteiger charge is 2.97. The van der Waals surface area contributed by atoms with Gasteiger partial charge in [-0.25, -0.2) is 4.79 Å². The van der Waals surface area contributed by atoms with Gasteiger partial charge in [0.2, 0.25) is 22.8 Å². The first-order chi connectivity index (χ1) is 15.8. The van der Waals surface area contributed by atoms with Gasteiger partial charge in [0.15, 0.2) is 0 Å². The van der Waals surface area contributed by atoms with Crippen molar-refractivity contribution in [1.29, 1.82) is 0 Å². The van der Waals surface area contributed by atoms with E-state index in [2.05, 4.69) is 0 Å². The number of esters is 1. The van der Waals surface area contributed by atoms with Crippen LogP contribution in [0.15, 0.2) is 60.7 Å². The molecule has 3 heterocycles. The lowest BCUT2D eigenvalue weighted by Gasteiger charge is -2.47.